The van der Waals surface area contributed by atoms with Gasteiger partial charge in [-0.2, -0.15) is 0 Å². The first kappa shape index (κ1) is 13.5. The van der Waals surface area contributed by atoms with Crippen LogP contribution in [0.5, 0.6) is 11.5 Å². The summed E-state index contributed by atoms with van der Waals surface area (Å²) in [4.78, 5) is 11.0. The summed E-state index contributed by atoms with van der Waals surface area (Å²) in [6.45, 7) is 1.69. The van der Waals surface area contributed by atoms with Gasteiger partial charge in [-0.05, 0) is 18.1 Å². The van der Waals surface area contributed by atoms with Crippen molar-refractivity contribution < 1.29 is 19.4 Å². The summed E-state index contributed by atoms with van der Waals surface area (Å²) in [6, 6.07) is 3.57. The predicted octanol–water partition coefficient (Wildman–Crippen LogP) is 2.24. The zero-order chi connectivity index (χ0) is 14.1. The lowest BCUT2D eigenvalue weighted by atomic mass is 9.99. The molecule has 2 heterocycles. The van der Waals surface area contributed by atoms with Crippen molar-refractivity contribution >= 4 is 17.6 Å². The first-order valence-electron chi connectivity index (χ1n) is 6.70. The van der Waals surface area contributed by atoms with Gasteiger partial charge in [0, 0.05) is 30.1 Å². The van der Waals surface area contributed by atoms with Gasteiger partial charge in [-0.1, -0.05) is 11.6 Å². The molecule has 2 N–H and O–H groups in total. The Kier molecular flexibility index (Phi) is 3.72. The molecule has 2 unspecified atom stereocenters. The van der Waals surface area contributed by atoms with Crippen LogP contribution in [0.4, 0.5) is 0 Å². The Morgan fingerprint density at radius 3 is 2.65 bits per heavy atom. The molecule has 0 radical (unpaired) electrons. The molecule has 1 aromatic carbocycles. The summed E-state index contributed by atoms with van der Waals surface area (Å²) in [5, 5.41) is 12.8. The smallest absolute Gasteiger partial charge is 0.307 e. The van der Waals surface area contributed by atoms with Crippen LogP contribution in [0.3, 0.4) is 0 Å². The van der Waals surface area contributed by atoms with E-state index in [1.165, 1.54) is 0 Å². The van der Waals surface area contributed by atoms with Gasteiger partial charge in [-0.3, -0.25) is 4.79 Å². The number of nitrogens with one attached hydrogen (secondary N) is 1. The second-order valence-corrected chi connectivity index (χ2v) is 5.51. The number of hydrogen-bond donors (Lipinski definition) is 2. The zero-order valence-electron chi connectivity index (χ0n) is 10.9. The fourth-order valence-electron chi connectivity index (χ4n) is 2.63. The van der Waals surface area contributed by atoms with Crippen LogP contribution in [0, 0.1) is 5.92 Å². The van der Waals surface area contributed by atoms with Gasteiger partial charge < -0.3 is 19.9 Å². The molecular weight excluding hydrogens is 282 g/mol. The number of carboxylic acids is 1. The maximum Gasteiger partial charge on any atom is 0.307 e. The lowest BCUT2D eigenvalue weighted by molar-refractivity contribution is -0.141. The third-order valence-corrected chi connectivity index (χ3v) is 4.05. The number of hydrogen-bond acceptors (Lipinski definition) is 4. The van der Waals surface area contributed by atoms with Crippen LogP contribution in [0.1, 0.15) is 24.4 Å². The standard InChI is InChI=1S/C14H16ClNO4/c15-10-6-13-12(19-2-1-3-20-13)5-9(10)11-4-8(7-16-11)14(17)18/h5-6,8,11,16H,1-4,7H2,(H,17,18). The van der Waals surface area contributed by atoms with Crippen molar-refractivity contribution in [1.29, 1.82) is 0 Å². The summed E-state index contributed by atoms with van der Waals surface area (Å²) in [6.07, 6.45) is 1.37. The fraction of sp³-hybridized carbons (Fsp3) is 0.500. The van der Waals surface area contributed by atoms with Gasteiger partial charge >= 0.3 is 5.97 Å². The lowest BCUT2D eigenvalue weighted by Crippen LogP contribution is -2.17. The molecule has 1 aromatic rings. The van der Waals surface area contributed by atoms with Crippen molar-refractivity contribution in [3.8, 4) is 11.5 Å². The SMILES string of the molecule is O=C(O)C1CNC(c2cc3c(cc2Cl)OCCCO3)C1. The monoisotopic (exact) mass is 297 g/mol. The summed E-state index contributed by atoms with van der Waals surface area (Å²) in [5.74, 6) is 0.198. The van der Waals surface area contributed by atoms with E-state index < -0.39 is 5.97 Å². The van der Waals surface area contributed by atoms with Crippen molar-refractivity contribution in [2.75, 3.05) is 19.8 Å². The first-order chi connectivity index (χ1) is 9.65. The Bertz CT molecular complexity index is 534. The molecule has 2 aliphatic rings. The Morgan fingerprint density at radius 2 is 2.00 bits per heavy atom. The molecule has 20 heavy (non-hydrogen) atoms. The molecule has 1 saturated heterocycles. The maximum atomic E-state index is 11.0. The van der Waals surface area contributed by atoms with E-state index >= 15 is 0 Å². The highest BCUT2D eigenvalue weighted by Crippen LogP contribution is 2.40. The van der Waals surface area contributed by atoms with Crippen LogP contribution >= 0.6 is 11.6 Å². The van der Waals surface area contributed by atoms with Crippen molar-refractivity contribution in [2.45, 2.75) is 18.9 Å². The van der Waals surface area contributed by atoms with Gasteiger partial charge in [0.2, 0.25) is 0 Å². The molecule has 3 rings (SSSR count). The van der Waals surface area contributed by atoms with Gasteiger partial charge in [0.15, 0.2) is 11.5 Å². The van der Waals surface area contributed by atoms with Gasteiger partial charge in [-0.15, -0.1) is 0 Å². The van der Waals surface area contributed by atoms with E-state index in [0.717, 1.165) is 12.0 Å². The molecule has 2 atom stereocenters. The molecule has 0 amide bonds. The number of rotatable bonds is 2. The molecule has 0 saturated carbocycles. The van der Waals surface area contributed by atoms with Gasteiger partial charge in [0.05, 0.1) is 19.1 Å². The van der Waals surface area contributed by atoms with Crippen molar-refractivity contribution in [3.63, 3.8) is 0 Å². The van der Waals surface area contributed by atoms with E-state index in [9.17, 15) is 4.79 Å². The van der Waals surface area contributed by atoms with Crippen molar-refractivity contribution in [3.05, 3.63) is 22.7 Å². The van der Waals surface area contributed by atoms with Gasteiger partial charge in [0.25, 0.3) is 0 Å². The quantitative estimate of drug-likeness (QED) is 0.876. The van der Waals surface area contributed by atoms with Crippen LogP contribution in [-0.2, 0) is 4.79 Å². The van der Waals surface area contributed by atoms with Crippen LogP contribution in [0.15, 0.2) is 12.1 Å². The number of carboxylic acid groups (broad SMARTS) is 1. The topological polar surface area (TPSA) is 67.8 Å². The van der Waals surface area contributed by atoms with E-state index in [1.807, 2.05) is 6.07 Å². The molecule has 1 fully saturated rings. The molecule has 5 nitrogen and oxygen atoms in total. The number of ether oxygens (including phenoxy) is 2. The fourth-order valence-corrected chi connectivity index (χ4v) is 2.91. The molecular formula is C14H16ClNO4. The minimum Gasteiger partial charge on any atom is -0.490 e. The molecule has 0 spiro atoms. The maximum absolute atomic E-state index is 11.0. The van der Waals surface area contributed by atoms with Crippen LogP contribution in [0.25, 0.3) is 0 Å². The minimum atomic E-state index is -0.773. The predicted molar refractivity (Wildman–Crippen MR) is 73.5 cm³/mol. The van der Waals surface area contributed by atoms with E-state index in [1.54, 1.807) is 6.07 Å². The number of fused-ring (bicyclic) bond motifs is 1. The Balaban J connectivity index is 1.87. The average Bonchev–Trinajstić information content (AvgIpc) is 2.79. The Hall–Kier alpha value is -1.46. The first-order valence-corrected chi connectivity index (χ1v) is 7.08. The second-order valence-electron chi connectivity index (χ2n) is 5.10. The third kappa shape index (κ3) is 2.55. The normalized spacial score (nSPS) is 25.2. The average molecular weight is 298 g/mol. The second kappa shape index (κ2) is 5.50. The molecule has 2 aliphatic heterocycles. The van der Waals surface area contributed by atoms with Crippen LogP contribution < -0.4 is 14.8 Å². The molecule has 0 aromatic heterocycles. The summed E-state index contributed by atoms with van der Waals surface area (Å²) >= 11 is 6.30. The minimum absolute atomic E-state index is 0.0549. The molecule has 6 heteroatoms. The van der Waals surface area contributed by atoms with Crippen LogP contribution in [0.2, 0.25) is 5.02 Å². The number of benzene rings is 1. The molecule has 108 valence electrons. The highest BCUT2D eigenvalue weighted by atomic mass is 35.5. The summed E-state index contributed by atoms with van der Waals surface area (Å²) in [7, 11) is 0. The van der Waals surface area contributed by atoms with E-state index in [0.29, 0.717) is 42.7 Å². The molecule has 0 aliphatic carbocycles. The van der Waals surface area contributed by atoms with Gasteiger partial charge in [0.1, 0.15) is 0 Å². The van der Waals surface area contributed by atoms with E-state index in [-0.39, 0.29) is 12.0 Å². The summed E-state index contributed by atoms with van der Waals surface area (Å²) in [5.41, 5.74) is 0.875. The summed E-state index contributed by atoms with van der Waals surface area (Å²) < 4.78 is 11.2. The number of aliphatic carboxylic acids is 1. The molecule has 0 bridgehead atoms. The zero-order valence-corrected chi connectivity index (χ0v) is 11.7. The van der Waals surface area contributed by atoms with E-state index in [4.69, 9.17) is 26.2 Å². The third-order valence-electron chi connectivity index (χ3n) is 3.72. The van der Waals surface area contributed by atoms with Crippen molar-refractivity contribution in [2.24, 2.45) is 5.92 Å². The van der Waals surface area contributed by atoms with Crippen LogP contribution in [-0.4, -0.2) is 30.8 Å². The highest BCUT2D eigenvalue weighted by Gasteiger charge is 2.32. The number of carbonyl (C=O) groups is 1. The lowest BCUT2D eigenvalue weighted by Gasteiger charge is -2.16. The highest BCUT2D eigenvalue weighted by molar-refractivity contribution is 6.31. The van der Waals surface area contributed by atoms with E-state index in [2.05, 4.69) is 5.32 Å². The van der Waals surface area contributed by atoms with Gasteiger partial charge in [-0.25, -0.2) is 0 Å². The van der Waals surface area contributed by atoms with Crippen molar-refractivity contribution in [1.82, 2.24) is 5.32 Å². The largest absolute Gasteiger partial charge is 0.490 e. The number of halogens is 1. The Morgan fingerprint density at radius 1 is 1.30 bits per heavy atom. The Labute approximate surface area is 121 Å².